The number of carboxylic acids is 1. The van der Waals surface area contributed by atoms with Crippen LogP contribution in [0.2, 0.25) is 0 Å². The van der Waals surface area contributed by atoms with Gasteiger partial charge in [0.15, 0.2) is 0 Å². The molecule has 2 aromatic heterocycles. The normalized spacial score (nSPS) is 16.8. The summed E-state index contributed by atoms with van der Waals surface area (Å²) in [5, 5.41) is 14.0. The van der Waals surface area contributed by atoms with Crippen molar-refractivity contribution < 1.29 is 24.2 Å². The van der Waals surface area contributed by atoms with Crippen LogP contribution >= 0.6 is 0 Å². The minimum absolute atomic E-state index is 0.0656. The molecule has 0 saturated carbocycles. The van der Waals surface area contributed by atoms with Gasteiger partial charge in [-0.25, -0.2) is 14.5 Å². The van der Waals surface area contributed by atoms with Crippen LogP contribution in [0, 0.1) is 19.8 Å². The molecule has 1 aromatic carbocycles. The Morgan fingerprint density at radius 3 is 2.60 bits per heavy atom. The lowest BCUT2D eigenvalue weighted by Crippen LogP contribution is -2.40. The predicted octanol–water partition coefficient (Wildman–Crippen LogP) is 4.94. The lowest BCUT2D eigenvalue weighted by atomic mass is 10.0. The van der Waals surface area contributed by atoms with Crippen LogP contribution in [-0.2, 0) is 27.2 Å². The second-order valence-electron chi connectivity index (χ2n) is 13.0. The van der Waals surface area contributed by atoms with E-state index < -0.39 is 11.6 Å². The number of hydrogen-bond acceptors (Lipinski definition) is 7. The summed E-state index contributed by atoms with van der Waals surface area (Å²) < 4.78 is 7.46. The van der Waals surface area contributed by atoms with E-state index in [1.807, 2.05) is 75.7 Å². The van der Waals surface area contributed by atoms with Crippen LogP contribution in [0.15, 0.2) is 42.5 Å². The number of anilines is 2. The van der Waals surface area contributed by atoms with E-state index in [-0.39, 0.29) is 30.9 Å². The predicted molar refractivity (Wildman–Crippen MR) is 172 cm³/mol. The van der Waals surface area contributed by atoms with Crippen LogP contribution < -0.4 is 9.80 Å². The minimum atomic E-state index is -0.946. The Bertz CT molecular complexity index is 1560. The van der Waals surface area contributed by atoms with Gasteiger partial charge in [0.1, 0.15) is 11.4 Å². The van der Waals surface area contributed by atoms with Crippen LogP contribution in [-0.4, -0.2) is 81.1 Å². The van der Waals surface area contributed by atoms with Crippen LogP contribution in [0.4, 0.5) is 16.3 Å². The van der Waals surface area contributed by atoms with Crippen LogP contribution in [0.25, 0.3) is 5.69 Å². The maximum atomic E-state index is 13.9. The number of likely N-dealkylation sites (tertiary alicyclic amines) is 1. The minimum Gasteiger partial charge on any atom is -0.481 e. The Morgan fingerprint density at radius 1 is 1.09 bits per heavy atom. The molecule has 0 radical (unpaired) electrons. The average molecular weight is 617 g/mol. The Hall–Kier alpha value is -4.25. The van der Waals surface area contributed by atoms with Gasteiger partial charge in [-0.3, -0.25) is 14.5 Å². The summed E-state index contributed by atoms with van der Waals surface area (Å²) in [4.78, 5) is 48.7. The van der Waals surface area contributed by atoms with E-state index in [1.165, 1.54) is 0 Å². The average Bonchev–Trinajstić information content (AvgIpc) is 3.60. The summed E-state index contributed by atoms with van der Waals surface area (Å²) in [6.45, 7) is 12.3. The highest BCUT2D eigenvalue weighted by Crippen LogP contribution is 2.29. The maximum absolute atomic E-state index is 13.9. The zero-order valence-corrected chi connectivity index (χ0v) is 27.0. The molecule has 11 heteroatoms. The number of carbonyl (C=O) groups is 3. The van der Waals surface area contributed by atoms with Gasteiger partial charge in [0.25, 0.3) is 0 Å². The van der Waals surface area contributed by atoms with Gasteiger partial charge < -0.3 is 19.6 Å². The van der Waals surface area contributed by atoms with Crippen LogP contribution in [0.5, 0.6) is 0 Å². The molecule has 4 heterocycles. The lowest BCUT2D eigenvalue weighted by molar-refractivity contribution is -0.136. The molecule has 0 spiro atoms. The van der Waals surface area contributed by atoms with E-state index in [4.69, 9.17) is 9.72 Å². The molecule has 0 bridgehead atoms. The number of fused-ring (bicyclic) bond motifs is 1. The number of aromatic nitrogens is 3. The molecule has 0 aliphatic carbocycles. The Kier molecular flexibility index (Phi) is 9.57. The molecule has 2 amide bonds. The van der Waals surface area contributed by atoms with E-state index in [1.54, 1.807) is 9.80 Å². The molecule has 45 heavy (non-hydrogen) atoms. The molecule has 11 nitrogen and oxygen atoms in total. The fourth-order valence-electron chi connectivity index (χ4n) is 6.10. The van der Waals surface area contributed by atoms with E-state index in [0.717, 1.165) is 54.3 Å². The number of hydrogen-bond donors (Lipinski definition) is 1. The van der Waals surface area contributed by atoms with Crippen molar-refractivity contribution in [3.05, 3.63) is 65.1 Å². The van der Waals surface area contributed by atoms with Gasteiger partial charge in [-0.05, 0) is 96.3 Å². The van der Waals surface area contributed by atoms with Gasteiger partial charge in [-0.15, -0.1) is 0 Å². The molecule has 2 aliphatic rings. The van der Waals surface area contributed by atoms with Gasteiger partial charge in [0, 0.05) is 49.7 Å². The highest BCUT2D eigenvalue weighted by atomic mass is 16.6. The molecular formula is C34H44N6O5. The van der Waals surface area contributed by atoms with E-state index >= 15 is 0 Å². The summed E-state index contributed by atoms with van der Waals surface area (Å²) in [7, 11) is 0. The summed E-state index contributed by atoms with van der Waals surface area (Å²) in [6, 6.07) is 13.6. The topological polar surface area (TPSA) is 121 Å². The Labute approximate surface area is 264 Å². The Morgan fingerprint density at radius 2 is 1.89 bits per heavy atom. The van der Waals surface area contributed by atoms with Crippen molar-refractivity contribution >= 4 is 29.5 Å². The fourth-order valence-corrected chi connectivity index (χ4v) is 6.10. The highest BCUT2D eigenvalue weighted by Gasteiger charge is 2.33. The number of carbonyl (C=O) groups excluding carboxylic acids is 2. The molecule has 5 rings (SSSR count). The molecule has 1 N–H and O–H groups in total. The monoisotopic (exact) mass is 616 g/mol. The van der Waals surface area contributed by atoms with Crippen molar-refractivity contribution in [1.29, 1.82) is 0 Å². The van der Waals surface area contributed by atoms with Crippen molar-refractivity contribution in [1.82, 2.24) is 19.7 Å². The zero-order valence-electron chi connectivity index (χ0n) is 27.0. The Balaban J connectivity index is 1.25. The van der Waals surface area contributed by atoms with Crippen molar-refractivity contribution in [3.63, 3.8) is 0 Å². The molecule has 3 aromatic rings. The molecule has 1 fully saturated rings. The van der Waals surface area contributed by atoms with Gasteiger partial charge >= 0.3 is 12.1 Å². The third-order valence-electron chi connectivity index (χ3n) is 8.23. The van der Waals surface area contributed by atoms with Crippen molar-refractivity contribution in [2.75, 3.05) is 42.5 Å². The first kappa shape index (κ1) is 32.2. The summed E-state index contributed by atoms with van der Waals surface area (Å²) >= 11 is 0. The number of nitrogens with zero attached hydrogens (tertiary/aromatic N) is 6. The van der Waals surface area contributed by atoms with E-state index in [2.05, 4.69) is 16.1 Å². The zero-order chi connectivity index (χ0) is 32.3. The lowest BCUT2D eigenvalue weighted by Gasteiger charge is -2.31. The third-order valence-corrected chi connectivity index (χ3v) is 8.23. The largest absolute Gasteiger partial charge is 0.481 e. The van der Waals surface area contributed by atoms with Gasteiger partial charge in [0.05, 0.1) is 23.7 Å². The number of ether oxygens (including phenoxy) is 1. The first-order chi connectivity index (χ1) is 21.4. The first-order valence-corrected chi connectivity index (χ1v) is 15.8. The summed E-state index contributed by atoms with van der Waals surface area (Å²) in [5.41, 5.74) is 4.72. The standard InChI is InChI=1S/C34H44N6O5/c1-23-20-24(2)40(36-23)29-10-6-9-28(21-29)38(19-15-30(41)42)32(43)26-13-17-37(22-26)18-14-27-12-11-25-8-7-16-39(31(25)35-27)33(44)45-34(3,4)5/h6,9-12,20-21,26H,7-8,13-19,22H2,1-5H3,(H,41,42). The fraction of sp³-hybridized carbons (Fsp3) is 0.500. The van der Waals surface area contributed by atoms with Crippen molar-refractivity contribution in [3.8, 4) is 5.69 Å². The smallest absolute Gasteiger partial charge is 0.416 e. The van der Waals surface area contributed by atoms with Crippen molar-refractivity contribution in [2.45, 2.75) is 72.3 Å². The number of benzene rings is 1. The molecule has 1 saturated heterocycles. The van der Waals surface area contributed by atoms with Crippen molar-refractivity contribution in [2.24, 2.45) is 5.92 Å². The number of pyridine rings is 1. The molecule has 2 aliphatic heterocycles. The molecule has 1 atom stereocenters. The summed E-state index contributed by atoms with van der Waals surface area (Å²) in [6.07, 6.45) is 2.61. The maximum Gasteiger partial charge on any atom is 0.416 e. The van der Waals surface area contributed by atoms with Gasteiger partial charge in [0.2, 0.25) is 5.91 Å². The van der Waals surface area contributed by atoms with Crippen LogP contribution in [0.3, 0.4) is 0 Å². The number of amides is 2. The quantitative estimate of drug-likeness (QED) is 0.359. The first-order valence-electron chi connectivity index (χ1n) is 15.8. The second-order valence-corrected chi connectivity index (χ2v) is 13.0. The number of carboxylic acid groups (broad SMARTS) is 1. The van der Waals surface area contributed by atoms with Gasteiger partial charge in [-0.1, -0.05) is 12.1 Å². The van der Waals surface area contributed by atoms with Gasteiger partial charge in [-0.2, -0.15) is 5.10 Å². The number of aryl methyl sites for hydroxylation is 3. The molecule has 240 valence electrons. The SMILES string of the molecule is Cc1cc(C)n(-c2cccc(N(CCC(=O)O)C(=O)C3CCN(CCc4ccc5c(n4)N(C(=O)OC(C)(C)C)CCC5)C3)c2)n1. The number of aliphatic carboxylic acids is 1. The second kappa shape index (κ2) is 13.4. The molecule has 1 unspecified atom stereocenters. The van der Waals surface area contributed by atoms with E-state index in [9.17, 15) is 19.5 Å². The highest BCUT2D eigenvalue weighted by molar-refractivity contribution is 5.96. The van der Waals surface area contributed by atoms with E-state index in [0.29, 0.717) is 37.4 Å². The number of rotatable bonds is 9. The summed E-state index contributed by atoms with van der Waals surface area (Å²) in [5.74, 6) is -0.572. The third kappa shape index (κ3) is 7.89. The molecular weight excluding hydrogens is 572 g/mol. The van der Waals surface area contributed by atoms with Crippen LogP contribution in [0.1, 0.15) is 62.7 Å².